The fourth-order valence-electron chi connectivity index (χ4n) is 1.31. The zero-order valence-electron chi connectivity index (χ0n) is 8.77. The van der Waals surface area contributed by atoms with Crippen molar-refractivity contribution in [2.75, 3.05) is 11.1 Å². The van der Waals surface area contributed by atoms with Gasteiger partial charge in [-0.3, -0.25) is 10.1 Å². The van der Waals surface area contributed by atoms with Gasteiger partial charge in [-0.2, -0.15) is 0 Å². The monoisotopic (exact) mass is 253 g/mol. The van der Waals surface area contributed by atoms with Gasteiger partial charge in [-0.25, -0.2) is 4.39 Å². The summed E-state index contributed by atoms with van der Waals surface area (Å²) in [4.78, 5) is 11.7. The van der Waals surface area contributed by atoms with Gasteiger partial charge in [-0.1, -0.05) is 9.59 Å². The molecular formula is C9H8FN5OS. The fourth-order valence-corrected chi connectivity index (χ4v) is 1.67. The Morgan fingerprint density at radius 3 is 2.94 bits per heavy atom. The van der Waals surface area contributed by atoms with Gasteiger partial charge >= 0.3 is 0 Å². The third-order valence-electron chi connectivity index (χ3n) is 2.04. The second-order valence-electron chi connectivity index (χ2n) is 3.32. The van der Waals surface area contributed by atoms with Crippen molar-refractivity contribution < 1.29 is 9.18 Å². The van der Waals surface area contributed by atoms with E-state index in [9.17, 15) is 9.18 Å². The number of benzene rings is 1. The molecule has 1 aromatic carbocycles. The Morgan fingerprint density at radius 1 is 1.53 bits per heavy atom. The van der Waals surface area contributed by atoms with Crippen LogP contribution in [0.3, 0.4) is 0 Å². The van der Waals surface area contributed by atoms with Crippen LogP contribution in [0.4, 0.5) is 15.2 Å². The van der Waals surface area contributed by atoms with Crippen molar-refractivity contribution in [1.29, 1.82) is 0 Å². The summed E-state index contributed by atoms with van der Waals surface area (Å²) in [5.74, 6) is -1.23. The van der Waals surface area contributed by atoms with Gasteiger partial charge in [-0.15, -0.1) is 0 Å². The Hall–Kier alpha value is -2.09. The molecule has 0 fully saturated rings. The van der Waals surface area contributed by atoms with E-state index in [0.717, 1.165) is 11.5 Å². The Labute approximate surface area is 99.8 Å². The highest BCUT2D eigenvalue weighted by Crippen LogP contribution is 2.18. The van der Waals surface area contributed by atoms with Crippen molar-refractivity contribution >= 4 is 28.3 Å². The topological polar surface area (TPSA) is 93.8 Å². The number of aromatic nitrogens is 3. The predicted molar refractivity (Wildman–Crippen MR) is 61.2 cm³/mol. The number of hydrogen-bond donors (Lipinski definition) is 2. The number of nitrogens with zero attached hydrogens (tertiary/aromatic N) is 3. The maximum Gasteiger partial charge on any atom is 0.260 e. The summed E-state index contributed by atoms with van der Waals surface area (Å²) < 4.78 is 17.2. The molecule has 17 heavy (non-hydrogen) atoms. The Balaban J connectivity index is 2.31. The van der Waals surface area contributed by atoms with Crippen LogP contribution < -0.4 is 11.1 Å². The molecule has 0 aliphatic rings. The van der Waals surface area contributed by atoms with Crippen LogP contribution >= 0.6 is 11.5 Å². The van der Waals surface area contributed by atoms with Crippen molar-refractivity contribution in [2.24, 2.45) is 0 Å². The molecule has 0 bridgehead atoms. The summed E-state index contributed by atoms with van der Waals surface area (Å²) in [7, 11) is 0. The lowest BCUT2D eigenvalue weighted by Crippen LogP contribution is -2.14. The molecule has 1 heterocycles. The van der Waals surface area contributed by atoms with E-state index in [4.69, 9.17) is 5.73 Å². The van der Waals surface area contributed by atoms with Crippen molar-refractivity contribution in [3.05, 3.63) is 29.1 Å². The van der Waals surface area contributed by atoms with Crippen LogP contribution in [-0.2, 0) is 0 Å². The number of rotatable bonds is 2. The first-order valence-electron chi connectivity index (χ1n) is 4.60. The van der Waals surface area contributed by atoms with Gasteiger partial charge in [0.1, 0.15) is 5.82 Å². The first-order valence-corrected chi connectivity index (χ1v) is 5.37. The highest BCUT2D eigenvalue weighted by molar-refractivity contribution is 7.09. The standard InChI is InChI=1S/C9H8FN5OS/c1-4-2-5(11)3-6(7(4)10)8(16)12-9-13-14-15-17-9/h2-3H,11H2,1H3,(H,12,13,15,16). The van der Waals surface area contributed by atoms with Gasteiger partial charge in [-0.05, 0) is 29.8 Å². The highest BCUT2D eigenvalue weighted by atomic mass is 32.1. The number of hydrogen-bond acceptors (Lipinski definition) is 6. The molecule has 88 valence electrons. The number of halogens is 1. The van der Waals surface area contributed by atoms with Crippen LogP contribution in [0.1, 0.15) is 15.9 Å². The van der Waals surface area contributed by atoms with Crippen molar-refractivity contribution in [1.82, 2.24) is 14.8 Å². The normalized spacial score (nSPS) is 10.2. The van der Waals surface area contributed by atoms with E-state index in [0.29, 0.717) is 11.3 Å². The zero-order valence-corrected chi connectivity index (χ0v) is 9.58. The Morgan fingerprint density at radius 2 is 2.29 bits per heavy atom. The number of nitrogens with one attached hydrogen (secondary N) is 1. The third kappa shape index (κ3) is 2.36. The molecule has 2 aromatic rings. The summed E-state index contributed by atoms with van der Waals surface area (Å²) in [6, 6.07) is 2.73. The van der Waals surface area contributed by atoms with Crippen molar-refractivity contribution in [2.45, 2.75) is 6.92 Å². The number of nitrogen functional groups attached to an aromatic ring is 1. The van der Waals surface area contributed by atoms with Crippen LogP contribution in [0, 0.1) is 12.7 Å². The molecule has 8 heteroatoms. The van der Waals surface area contributed by atoms with Crippen LogP contribution in [0.2, 0.25) is 0 Å². The van der Waals surface area contributed by atoms with E-state index in [1.54, 1.807) is 0 Å². The number of carbonyl (C=O) groups excluding carboxylic acids is 1. The second-order valence-corrected chi connectivity index (χ2v) is 4.05. The van der Waals surface area contributed by atoms with Crippen molar-refractivity contribution in [3.8, 4) is 0 Å². The number of nitrogens with two attached hydrogens (primary N) is 1. The van der Waals surface area contributed by atoms with Crippen molar-refractivity contribution in [3.63, 3.8) is 0 Å². The smallest absolute Gasteiger partial charge is 0.260 e. The molecule has 0 saturated carbocycles. The lowest BCUT2D eigenvalue weighted by Gasteiger charge is -2.06. The molecule has 0 radical (unpaired) electrons. The summed E-state index contributed by atoms with van der Waals surface area (Å²) in [6.07, 6.45) is 0. The first kappa shape index (κ1) is 11.4. The maximum absolute atomic E-state index is 13.7. The van der Waals surface area contributed by atoms with Gasteiger partial charge in [0.15, 0.2) is 0 Å². The van der Waals surface area contributed by atoms with Crippen LogP contribution in [0.15, 0.2) is 12.1 Å². The lowest BCUT2D eigenvalue weighted by atomic mass is 10.1. The van der Waals surface area contributed by atoms with E-state index >= 15 is 0 Å². The minimum absolute atomic E-state index is 0.127. The van der Waals surface area contributed by atoms with Gasteiger partial charge in [0, 0.05) is 17.2 Å². The van der Waals surface area contributed by atoms with Crippen LogP contribution in [0.5, 0.6) is 0 Å². The Bertz CT molecular complexity index is 557. The minimum Gasteiger partial charge on any atom is -0.399 e. The average molecular weight is 253 g/mol. The predicted octanol–water partition coefficient (Wildman–Crippen LogP) is 1.22. The average Bonchev–Trinajstić information content (AvgIpc) is 2.76. The number of amides is 1. The molecule has 0 atom stereocenters. The Kier molecular flexibility index (Phi) is 2.96. The minimum atomic E-state index is -0.628. The summed E-state index contributed by atoms with van der Waals surface area (Å²) in [5.41, 5.74) is 6.06. The molecule has 1 amide bonds. The molecule has 6 nitrogen and oxygen atoms in total. The molecule has 0 spiro atoms. The van der Waals surface area contributed by atoms with E-state index in [2.05, 4.69) is 20.1 Å². The van der Waals surface area contributed by atoms with E-state index in [-0.39, 0.29) is 10.7 Å². The fraction of sp³-hybridized carbons (Fsp3) is 0.111. The molecule has 1 aromatic heterocycles. The molecule has 2 rings (SSSR count). The van der Waals surface area contributed by atoms with Gasteiger partial charge in [0.05, 0.1) is 5.56 Å². The van der Waals surface area contributed by atoms with Gasteiger partial charge in [0.25, 0.3) is 5.91 Å². The molecule has 0 aliphatic carbocycles. The molecule has 0 aliphatic heterocycles. The lowest BCUT2D eigenvalue weighted by molar-refractivity contribution is 0.102. The third-order valence-corrected chi connectivity index (χ3v) is 2.55. The van der Waals surface area contributed by atoms with Gasteiger partial charge in [0.2, 0.25) is 5.13 Å². The quantitative estimate of drug-likeness (QED) is 0.785. The van der Waals surface area contributed by atoms with Crippen LogP contribution in [0.25, 0.3) is 0 Å². The number of aryl methyl sites for hydroxylation is 1. The summed E-state index contributed by atoms with van der Waals surface area (Å²) >= 11 is 0.902. The summed E-state index contributed by atoms with van der Waals surface area (Å²) in [6.45, 7) is 1.54. The highest BCUT2D eigenvalue weighted by Gasteiger charge is 2.16. The van der Waals surface area contributed by atoms with Gasteiger partial charge < -0.3 is 5.73 Å². The molecule has 0 unspecified atom stereocenters. The molecule has 0 saturated heterocycles. The molecular weight excluding hydrogens is 245 g/mol. The SMILES string of the molecule is Cc1cc(N)cc(C(=O)Nc2nnns2)c1F. The second kappa shape index (κ2) is 4.42. The number of anilines is 2. The first-order chi connectivity index (χ1) is 8.08. The maximum atomic E-state index is 13.7. The van der Waals surface area contributed by atoms with E-state index in [1.165, 1.54) is 19.1 Å². The summed E-state index contributed by atoms with van der Waals surface area (Å²) in [5, 5.41) is 9.42. The zero-order chi connectivity index (χ0) is 12.4. The van der Waals surface area contributed by atoms with E-state index < -0.39 is 11.7 Å². The largest absolute Gasteiger partial charge is 0.399 e. The van der Waals surface area contributed by atoms with Crippen LogP contribution in [-0.4, -0.2) is 20.7 Å². The number of carbonyl (C=O) groups is 1. The molecule has 3 N–H and O–H groups in total. The van der Waals surface area contributed by atoms with E-state index in [1.807, 2.05) is 0 Å².